The van der Waals surface area contributed by atoms with Crippen LogP contribution in [0.5, 0.6) is 0 Å². The first-order valence-corrected chi connectivity index (χ1v) is 10.7. The highest BCUT2D eigenvalue weighted by Gasteiger charge is 2.51. The van der Waals surface area contributed by atoms with Gasteiger partial charge in [0.2, 0.25) is 5.60 Å². The van der Waals surface area contributed by atoms with E-state index < -0.39 is 29.2 Å². The monoisotopic (exact) mass is 473 g/mol. The molecule has 0 spiro atoms. The third kappa shape index (κ3) is 4.42. The Morgan fingerprint density at radius 2 is 2.06 bits per heavy atom. The van der Waals surface area contributed by atoms with Crippen LogP contribution in [-0.4, -0.2) is 46.6 Å². The number of nitrogens with zero attached hydrogens (tertiary/aromatic N) is 1. The van der Waals surface area contributed by atoms with Crippen molar-refractivity contribution in [1.82, 2.24) is 10.3 Å². The fourth-order valence-electron chi connectivity index (χ4n) is 3.81. The van der Waals surface area contributed by atoms with Crippen LogP contribution in [0.25, 0.3) is 10.9 Å². The highest BCUT2D eigenvalue weighted by Crippen LogP contribution is 2.31. The van der Waals surface area contributed by atoms with E-state index in [-0.39, 0.29) is 36.8 Å². The minimum Gasteiger partial charge on any atom is -0.461 e. The predicted octanol–water partition coefficient (Wildman–Crippen LogP) is 2.92. The maximum atomic E-state index is 13.5. The van der Waals surface area contributed by atoms with Gasteiger partial charge in [-0.2, -0.15) is 0 Å². The molecule has 0 radical (unpaired) electrons. The number of rotatable bonds is 6. The van der Waals surface area contributed by atoms with Crippen LogP contribution in [-0.2, 0) is 20.9 Å². The maximum Gasteiger partial charge on any atom is 0.354 e. The molecule has 172 valence electrons. The Bertz CT molecular complexity index is 1240. The number of fused-ring (bicyclic) bond motifs is 1. The normalized spacial score (nSPS) is 18.1. The summed E-state index contributed by atoms with van der Waals surface area (Å²) in [7, 11) is 0. The van der Waals surface area contributed by atoms with Gasteiger partial charge in [0.25, 0.3) is 11.8 Å². The second-order valence-electron chi connectivity index (χ2n) is 7.70. The number of ether oxygens (including phenoxy) is 1. The summed E-state index contributed by atoms with van der Waals surface area (Å²) in [4.78, 5) is 41.8. The van der Waals surface area contributed by atoms with Gasteiger partial charge >= 0.3 is 5.97 Å². The topological polar surface area (TPSA) is 112 Å². The van der Waals surface area contributed by atoms with E-state index in [4.69, 9.17) is 16.3 Å². The van der Waals surface area contributed by atoms with E-state index in [1.54, 1.807) is 31.2 Å². The van der Waals surface area contributed by atoms with Crippen LogP contribution in [0.4, 0.5) is 10.1 Å². The number of benzene rings is 2. The van der Waals surface area contributed by atoms with Crippen molar-refractivity contribution in [2.45, 2.75) is 25.5 Å². The summed E-state index contributed by atoms with van der Waals surface area (Å²) in [5, 5.41) is 14.1. The zero-order valence-electron chi connectivity index (χ0n) is 17.7. The lowest BCUT2D eigenvalue weighted by Crippen LogP contribution is -2.52. The Hall–Kier alpha value is -3.43. The molecule has 8 nitrogen and oxygen atoms in total. The lowest BCUT2D eigenvalue weighted by Gasteiger charge is -2.22. The highest BCUT2D eigenvalue weighted by atomic mass is 35.5. The zero-order chi connectivity index (χ0) is 23.8. The van der Waals surface area contributed by atoms with Crippen LogP contribution < -0.4 is 10.2 Å². The number of halogens is 2. The number of hydrogen-bond donors (Lipinski definition) is 3. The molecule has 3 N–H and O–H groups in total. The molecule has 2 amide bonds. The van der Waals surface area contributed by atoms with Gasteiger partial charge in [-0.1, -0.05) is 11.6 Å². The molecule has 2 heterocycles. The van der Waals surface area contributed by atoms with Crippen molar-refractivity contribution in [3.63, 3.8) is 0 Å². The molecule has 4 rings (SSSR count). The van der Waals surface area contributed by atoms with Crippen LogP contribution >= 0.6 is 11.6 Å². The number of aromatic amines is 1. The minimum atomic E-state index is -2.25. The Morgan fingerprint density at radius 1 is 1.27 bits per heavy atom. The first-order chi connectivity index (χ1) is 15.7. The molecule has 10 heteroatoms. The standard InChI is InChI=1S/C23H21ClFN3O5/c1-2-33-20(29)19-10-14-9-17(3-4-18(14)27-19)28-6-5-23(32,22(28)31)21(30)26-12-13-7-15(24)11-16(25)8-13/h3-4,7-11,27,32H,2,5-6,12H2,1H3,(H,26,30)/t23-/m1/s1. The molecular weight excluding hydrogens is 453 g/mol. The largest absolute Gasteiger partial charge is 0.461 e. The molecule has 1 atom stereocenters. The second kappa shape index (κ2) is 8.84. The molecule has 0 bridgehead atoms. The average molecular weight is 474 g/mol. The average Bonchev–Trinajstić information content (AvgIpc) is 3.33. The maximum absolute atomic E-state index is 13.5. The van der Waals surface area contributed by atoms with Gasteiger partial charge in [-0.15, -0.1) is 0 Å². The summed E-state index contributed by atoms with van der Waals surface area (Å²) in [5.74, 6) is -2.68. The summed E-state index contributed by atoms with van der Waals surface area (Å²) in [6.45, 7) is 1.98. The summed E-state index contributed by atoms with van der Waals surface area (Å²) in [5.41, 5.74) is -0.419. The summed E-state index contributed by atoms with van der Waals surface area (Å²) < 4.78 is 18.5. The highest BCUT2D eigenvalue weighted by molar-refractivity contribution is 6.30. The third-order valence-electron chi connectivity index (χ3n) is 5.46. The molecular formula is C23H21ClFN3O5. The van der Waals surface area contributed by atoms with Crippen LogP contribution in [0.2, 0.25) is 5.02 Å². The number of hydrogen-bond acceptors (Lipinski definition) is 5. The number of esters is 1. The number of H-pyrrole nitrogens is 1. The van der Waals surface area contributed by atoms with Crippen molar-refractivity contribution in [1.29, 1.82) is 0 Å². The van der Waals surface area contributed by atoms with E-state index in [1.807, 2.05) is 0 Å². The van der Waals surface area contributed by atoms with Gasteiger partial charge in [0, 0.05) is 41.1 Å². The Kier molecular flexibility index (Phi) is 6.09. The van der Waals surface area contributed by atoms with Gasteiger partial charge in [0.15, 0.2) is 0 Å². The lowest BCUT2D eigenvalue weighted by atomic mass is 10.0. The SMILES string of the molecule is CCOC(=O)c1cc2cc(N3CC[C@@](O)(C(=O)NCc4cc(F)cc(Cl)c4)C3=O)ccc2[nH]1. The van der Waals surface area contributed by atoms with E-state index in [0.717, 1.165) is 6.07 Å². The molecule has 33 heavy (non-hydrogen) atoms. The van der Waals surface area contributed by atoms with Gasteiger partial charge < -0.3 is 25.0 Å². The number of anilines is 1. The number of nitrogens with one attached hydrogen (secondary N) is 2. The van der Waals surface area contributed by atoms with Crippen molar-refractivity contribution in [3.05, 3.63) is 64.6 Å². The molecule has 0 saturated carbocycles. The van der Waals surface area contributed by atoms with Gasteiger partial charge in [0.1, 0.15) is 11.5 Å². The molecule has 1 aliphatic rings. The van der Waals surface area contributed by atoms with Crippen molar-refractivity contribution in [3.8, 4) is 0 Å². The van der Waals surface area contributed by atoms with Crippen molar-refractivity contribution in [2.75, 3.05) is 18.1 Å². The fraction of sp³-hybridized carbons (Fsp3) is 0.261. The van der Waals surface area contributed by atoms with Crippen LogP contribution in [0.1, 0.15) is 29.4 Å². The van der Waals surface area contributed by atoms with E-state index >= 15 is 0 Å². The lowest BCUT2D eigenvalue weighted by molar-refractivity contribution is -0.149. The third-order valence-corrected chi connectivity index (χ3v) is 5.68. The first-order valence-electron chi connectivity index (χ1n) is 10.3. The summed E-state index contributed by atoms with van der Waals surface area (Å²) >= 11 is 5.82. The number of aromatic nitrogens is 1. The molecule has 1 aromatic heterocycles. The quantitative estimate of drug-likeness (QED) is 0.376. The van der Waals surface area contributed by atoms with Gasteiger partial charge in [-0.05, 0) is 55.0 Å². The first kappa shape index (κ1) is 22.8. The molecule has 0 aliphatic carbocycles. The molecule has 1 aliphatic heterocycles. The molecule has 1 fully saturated rings. The molecule has 3 aromatic rings. The number of carbonyl (C=O) groups is 3. The van der Waals surface area contributed by atoms with E-state index in [0.29, 0.717) is 22.2 Å². The van der Waals surface area contributed by atoms with Gasteiger partial charge in [-0.3, -0.25) is 9.59 Å². The molecule has 1 saturated heterocycles. The number of carbonyl (C=O) groups excluding carboxylic acids is 3. The van der Waals surface area contributed by atoms with Crippen LogP contribution in [0.15, 0.2) is 42.5 Å². The van der Waals surface area contributed by atoms with Crippen LogP contribution in [0, 0.1) is 5.82 Å². The second-order valence-corrected chi connectivity index (χ2v) is 8.14. The Labute approximate surface area is 193 Å². The fourth-order valence-corrected chi connectivity index (χ4v) is 4.06. The zero-order valence-corrected chi connectivity index (χ0v) is 18.4. The summed E-state index contributed by atoms with van der Waals surface area (Å²) in [6, 6.07) is 10.5. The Balaban J connectivity index is 1.49. The van der Waals surface area contributed by atoms with Crippen LogP contribution in [0.3, 0.4) is 0 Å². The van der Waals surface area contributed by atoms with E-state index in [9.17, 15) is 23.9 Å². The smallest absolute Gasteiger partial charge is 0.354 e. The Morgan fingerprint density at radius 3 is 2.79 bits per heavy atom. The predicted molar refractivity (Wildman–Crippen MR) is 119 cm³/mol. The summed E-state index contributed by atoms with van der Waals surface area (Å²) in [6.07, 6.45) is -0.110. The van der Waals surface area contributed by atoms with Gasteiger partial charge in [0.05, 0.1) is 6.61 Å². The van der Waals surface area contributed by atoms with E-state index in [1.165, 1.54) is 17.0 Å². The van der Waals surface area contributed by atoms with Crippen molar-refractivity contribution in [2.24, 2.45) is 0 Å². The number of aliphatic hydroxyl groups is 1. The number of amides is 2. The van der Waals surface area contributed by atoms with Gasteiger partial charge in [-0.25, -0.2) is 9.18 Å². The minimum absolute atomic E-state index is 0.0994. The van der Waals surface area contributed by atoms with E-state index in [2.05, 4.69) is 10.3 Å². The molecule has 2 aromatic carbocycles. The molecule has 0 unspecified atom stereocenters. The van der Waals surface area contributed by atoms with Crippen molar-refractivity contribution >= 4 is 46.0 Å². The van der Waals surface area contributed by atoms with Crippen molar-refractivity contribution < 1.29 is 28.6 Å².